The Labute approximate surface area is 104 Å². The van der Waals surface area contributed by atoms with Crippen molar-refractivity contribution < 1.29 is 0 Å². The van der Waals surface area contributed by atoms with Crippen molar-refractivity contribution in [3.05, 3.63) is 0 Å². The van der Waals surface area contributed by atoms with Crippen LogP contribution in [0.4, 0.5) is 0 Å². The third-order valence-corrected chi connectivity index (χ3v) is 4.66. The zero-order valence-electron chi connectivity index (χ0n) is 10.5. The van der Waals surface area contributed by atoms with E-state index >= 15 is 0 Å². The average molecular weight is 243 g/mol. The van der Waals surface area contributed by atoms with Crippen LogP contribution in [0.15, 0.2) is 0 Å². The highest BCUT2D eigenvalue weighted by atomic mass is 32.2. The summed E-state index contributed by atoms with van der Waals surface area (Å²) in [5.74, 6) is 2.68. The van der Waals surface area contributed by atoms with Crippen LogP contribution >= 0.6 is 11.8 Å². The summed E-state index contributed by atoms with van der Waals surface area (Å²) in [7, 11) is 0. The van der Waals surface area contributed by atoms with Gasteiger partial charge in [-0.15, -0.1) is 0 Å². The maximum atomic E-state index is 3.42. The van der Waals surface area contributed by atoms with Crippen LogP contribution < -0.4 is 5.32 Å². The van der Waals surface area contributed by atoms with E-state index in [1.807, 2.05) is 0 Å². The topological polar surface area (TPSA) is 18.5 Å². The van der Waals surface area contributed by atoms with Crippen molar-refractivity contribution in [1.29, 1.82) is 0 Å². The van der Waals surface area contributed by atoms with Crippen LogP contribution in [-0.4, -0.2) is 73.2 Å². The lowest BCUT2D eigenvalue weighted by atomic mass is 10.2. The van der Waals surface area contributed by atoms with E-state index in [1.54, 1.807) is 0 Å². The van der Waals surface area contributed by atoms with E-state index < -0.39 is 0 Å². The van der Waals surface area contributed by atoms with E-state index in [0.29, 0.717) is 0 Å². The van der Waals surface area contributed by atoms with Gasteiger partial charge in [-0.1, -0.05) is 0 Å². The maximum Gasteiger partial charge on any atom is 0.0195 e. The molecule has 2 rings (SSSR count). The lowest BCUT2D eigenvalue weighted by Gasteiger charge is -2.34. The van der Waals surface area contributed by atoms with Gasteiger partial charge in [0.2, 0.25) is 0 Å². The monoisotopic (exact) mass is 243 g/mol. The van der Waals surface area contributed by atoms with E-state index in [2.05, 4.69) is 33.8 Å². The van der Waals surface area contributed by atoms with E-state index in [1.165, 1.54) is 63.7 Å². The Kier molecular flexibility index (Phi) is 5.42. The summed E-state index contributed by atoms with van der Waals surface area (Å²) in [4.78, 5) is 5.29. The molecular weight excluding hydrogens is 218 g/mol. The second-order valence-electron chi connectivity index (χ2n) is 4.90. The summed E-state index contributed by atoms with van der Waals surface area (Å²) in [5.41, 5.74) is 0. The molecule has 4 heteroatoms. The van der Waals surface area contributed by atoms with Crippen molar-refractivity contribution in [1.82, 2.24) is 15.1 Å². The minimum absolute atomic E-state index is 0.733. The molecule has 0 spiro atoms. The Balaban J connectivity index is 1.74. The third-order valence-electron chi connectivity index (χ3n) is 3.61. The highest BCUT2D eigenvalue weighted by Gasteiger charge is 2.19. The zero-order chi connectivity index (χ0) is 11.2. The lowest BCUT2D eigenvalue weighted by molar-refractivity contribution is 0.146. The van der Waals surface area contributed by atoms with Crippen LogP contribution in [0.25, 0.3) is 0 Å². The van der Waals surface area contributed by atoms with Gasteiger partial charge in [0.05, 0.1) is 0 Å². The van der Waals surface area contributed by atoms with Crippen LogP contribution in [0.1, 0.15) is 13.3 Å². The molecule has 0 aromatic heterocycles. The first-order valence-electron chi connectivity index (χ1n) is 6.61. The SMILES string of the molecule is CC(CN1CCNCC1)N1CCCSCC1. The van der Waals surface area contributed by atoms with Gasteiger partial charge in [-0.05, 0) is 25.6 Å². The van der Waals surface area contributed by atoms with E-state index in [0.717, 1.165) is 6.04 Å². The van der Waals surface area contributed by atoms with E-state index in [-0.39, 0.29) is 0 Å². The molecule has 16 heavy (non-hydrogen) atoms. The Morgan fingerprint density at radius 3 is 2.75 bits per heavy atom. The van der Waals surface area contributed by atoms with Gasteiger partial charge in [0.25, 0.3) is 0 Å². The van der Waals surface area contributed by atoms with Crippen LogP contribution in [0.3, 0.4) is 0 Å². The number of piperazine rings is 1. The molecule has 0 bridgehead atoms. The van der Waals surface area contributed by atoms with Crippen molar-refractivity contribution in [2.24, 2.45) is 0 Å². The van der Waals surface area contributed by atoms with Gasteiger partial charge in [-0.25, -0.2) is 0 Å². The summed E-state index contributed by atoms with van der Waals surface area (Å²) >= 11 is 2.12. The Hall–Kier alpha value is 0.230. The van der Waals surface area contributed by atoms with Gasteiger partial charge in [0.1, 0.15) is 0 Å². The second-order valence-corrected chi connectivity index (χ2v) is 6.13. The maximum absolute atomic E-state index is 3.42. The average Bonchev–Trinajstić information content (AvgIpc) is 2.59. The smallest absolute Gasteiger partial charge is 0.0195 e. The summed E-state index contributed by atoms with van der Waals surface area (Å²) in [6.07, 6.45) is 1.37. The third kappa shape index (κ3) is 3.91. The minimum atomic E-state index is 0.733. The standard InChI is InChI=1S/C12H25N3S/c1-12(11-14-6-3-13-4-7-14)15-5-2-9-16-10-8-15/h12-13H,2-11H2,1H3. The van der Waals surface area contributed by atoms with Crippen LogP contribution in [0.2, 0.25) is 0 Å². The molecular formula is C12H25N3S. The van der Waals surface area contributed by atoms with Gasteiger partial charge in [0.15, 0.2) is 0 Å². The fourth-order valence-corrected chi connectivity index (χ4v) is 3.49. The van der Waals surface area contributed by atoms with E-state index in [4.69, 9.17) is 0 Å². The van der Waals surface area contributed by atoms with Crippen molar-refractivity contribution in [3.63, 3.8) is 0 Å². The summed E-state index contributed by atoms with van der Waals surface area (Å²) < 4.78 is 0. The van der Waals surface area contributed by atoms with Crippen molar-refractivity contribution >= 4 is 11.8 Å². The lowest BCUT2D eigenvalue weighted by Crippen LogP contribution is -2.49. The highest BCUT2D eigenvalue weighted by molar-refractivity contribution is 7.99. The Morgan fingerprint density at radius 1 is 1.12 bits per heavy atom. The molecule has 1 atom stereocenters. The van der Waals surface area contributed by atoms with E-state index in [9.17, 15) is 0 Å². The molecule has 2 aliphatic heterocycles. The summed E-state index contributed by atoms with van der Waals surface area (Å²) in [6.45, 7) is 11.0. The largest absolute Gasteiger partial charge is 0.314 e. The predicted molar refractivity (Wildman–Crippen MR) is 72.3 cm³/mol. The molecule has 1 unspecified atom stereocenters. The van der Waals surface area contributed by atoms with Crippen molar-refractivity contribution in [2.75, 3.05) is 57.3 Å². The Morgan fingerprint density at radius 2 is 1.94 bits per heavy atom. The number of thioether (sulfide) groups is 1. The van der Waals surface area contributed by atoms with Gasteiger partial charge < -0.3 is 5.32 Å². The molecule has 2 saturated heterocycles. The van der Waals surface area contributed by atoms with Crippen molar-refractivity contribution in [3.8, 4) is 0 Å². The molecule has 2 heterocycles. The quantitative estimate of drug-likeness (QED) is 0.787. The summed E-state index contributed by atoms with van der Waals surface area (Å²) in [6, 6.07) is 0.733. The molecule has 0 aromatic carbocycles. The fourth-order valence-electron chi connectivity index (χ4n) is 2.59. The number of hydrogen-bond donors (Lipinski definition) is 1. The second kappa shape index (κ2) is 6.84. The number of hydrogen-bond acceptors (Lipinski definition) is 4. The minimum Gasteiger partial charge on any atom is -0.314 e. The van der Waals surface area contributed by atoms with Gasteiger partial charge >= 0.3 is 0 Å². The highest BCUT2D eigenvalue weighted by Crippen LogP contribution is 2.13. The van der Waals surface area contributed by atoms with Crippen LogP contribution in [-0.2, 0) is 0 Å². The molecule has 2 fully saturated rings. The molecule has 0 aromatic rings. The number of rotatable bonds is 3. The molecule has 0 saturated carbocycles. The molecule has 3 nitrogen and oxygen atoms in total. The first kappa shape index (κ1) is 12.7. The number of nitrogens with zero attached hydrogens (tertiary/aromatic N) is 2. The van der Waals surface area contributed by atoms with Gasteiger partial charge in [-0.3, -0.25) is 9.80 Å². The predicted octanol–water partition coefficient (Wildman–Crippen LogP) is 0.719. The zero-order valence-corrected chi connectivity index (χ0v) is 11.3. The van der Waals surface area contributed by atoms with Crippen LogP contribution in [0, 0.1) is 0 Å². The molecule has 1 N–H and O–H groups in total. The van der Waals surface area contributed by atoms with Gasteiger partial charge in [0, 0.05) is 51.1 Å². The summed E-state index contributed by atoms with van der Waals surface area (Å²) in [5, 5.41) is 3.42. The molecule has 0 amide bonds. The first-order valence-corrected chi connectivity index (χ1v) is 7.76. The fraction of sp³-hybridized carbons (Fsp3) is 1.00. The molecule has 2 aliphatic rings. The first-order chi connectivity index (χ1) is 7.86. The van der Waals surface area contributed by atoms with Crippen molar-refractivity contribution in [2.45, 2.75) is 19.4 Å². The Bertz CT molecular complexity index is 187. The van der Waals surface area contributed by atoms with Gasteiger partial charge in [-0.2, -0.15) is 11.8 Å². The molecule has 0 aliphatic carbocycles. The normalized spacial score (nSPS) is 27.6. The number of nitrogens with one attached hydrogen (secondary N) is 1. The molecule has 0 radical (unpaired) electrons. The van der Waals surface area contributed by atoms with Crippen LogP contribution in [0.5, 0.6) is 0 Å². The molecule has 94 valence electrons.